The SMILES string of the molecule is O=C1N=Cc2ccc(Oc3ccc([N+](=O)[O-])cc3Cl)cc21. The third-order valence-electron chi connectivity index (χ3n) is 2.93. The van der Waals surface area contributed by atoms with Gasteiger partial charge in [0.15, 0.2) is 0 Å². The van der Waals surface area contributed by atoms with Crippen LogP contribution in [0.3, 0.4) is 0 Å². The standard InChI is InChI=1S/C14H7ClN2O4/c15-12-5-9(17(19)20)2-4-13(12)21-10-3-1-8-7-16-14(18)11(8)6-10/h1-7H. The summed E-state index contributed by atoms with van der Waals surface area (Å²) in [5.41, 5.74) is 1.05. The lowest BCUT2D eigenvalue weighted by Gasteiger charge is -2.08. The highest BCUT2D eigenvalue weighted by atomic mass is 35.5. The number of benzene rings is 2. The van der Waals surface area contributed by atoms with Crippen LogP contribution in [0.15, 0.2) is 41.4 Å². The van der Waals surface area contributed by atoms with E-state index in [0.29, 0.717) is 11.3 Å². The summed E-state index contributed by atoms with van der Waals surface area (Å²) in [5.74, 6) is 0.349. The molecule has 0 saturated heterocycles. The molecule has 0 aliphatic carbocycles. The second-order valence-corrected chi connectivity index (χ2v) is 4.69. The third-order valence-corrected chi connectivity index (χ3v) is 3.23. The van der Waals surface area contributed by atoms with E-state index in [-0.39, 0.29) is 22.4 Å². The van der Waals surface area contributed by atoms with Crippen LogP contribution in [0.25, 0.3) is 0 Å². The number of nitro groups is 1. The molecule has 3 rings (SSSR count). The van der Waals surface area contributed by atoms with E-state index in [0.717, 1.165) is 5.56 Å². The molecular formula is C14H7ClN2O4. The minimum Gasteiger partial charge on any atom is -0.456 e. The number of nitrogens with zero attached hydrogens (tertiary/aromatic N) is 2. The van der Waals surface area contributed by atoms with Gasteiger partial charge in [-0.2, -0.15) is 0 Å². The summed E-state index contributed by atoms with van der Waals surface area (Å²) in [5, 5.41) is 10.8. The molecule has 0 aromatic heterocycles. The first kappa shape index (κ1) is 13.3. The molecule has 2 aromatic carbocycles. The number of hydrogen-bond acceptors (Lipinski definition) is 4. The lowest BCUT2D eigenvalue weighted by molar-refractivity contribution is -0.384. The molecule has 0 spiro atoms. The Balaban J connectivity index is 1.89. The Morgan fingerprint density at radius 2 is 2.00 bits per heavy atom. The zero-order valence-corrected chi connectivity index (χ0v) is 11.2. The molecule has 0 saturated carbocycles. The average molecular weight is 303 g/mol. The predicted octanol–water partition coefficient (Wildman–Crippen LogP) is 3.61. The molecule has 7 heteroatoms. The number of halogens is 1. The Kier molecular flexibility index (Phi) is 3.15. The van der Waals surface area contributed by atoms with Gasteiger partial charge in [-0.05, 0) is 24.3 Å². The Morgan fingerprint density at radius 3 is 2.71 bits per heavy atom. The maximum atomic E-state index is 11.5. The first-order valence-corrected chi connectivity index (χ1v) is 6.26. The van der Waals surface area contributed by atoms with Crippen molar-refractivity contribution in [1.82, 2.24) is 0 Å². The van der Waals surface area contributed by atoms with Crippen LogP contribution < -0.4 is 4.74 Å². The first-order chi connectivity index (χ1) is 10.0. The number of carbonyl (C=O) groups is 1. The lowest BCUT2D eigenvalue weighted by atomic mass is 10.1. The van der Waals surface area contributed by atoms with Crippen LogP contribution >= 0.6 is 11.6 Å². The Morgan fingerprint density at radius 1 is 1.19 bits per heavy atom. The summed E-state index contributed by atoms with van der Waals surface area (Å²) in [6.45, 7) is 0. The number of nitro benzene ring substituents is 1. The minimum absolute atomic E-state index is 0.118. The van der Waals surface area contributed by atoms with Gasteiger partial charge in [0.05, 0.1) is 15.5 Å². The number of hydrogen-bond donors (Lipinski definition) is 0. The van der Waals surface area contributed by atoms with Crippen molar-refractivity contribution >= 4 is 29.4 Å². The molecule has 1 amide bonds. The third kappa shape index (κ3) is 2.48. The fourth-order valence-corrected chi connectivity index (χ4v) is 2.12. The molecule has 2 aromatic rings. The van der Waals surface area contributed by atoms with Crippen LogP contribution in [0.4, 0.5) is 5.69 Å². The molecule has 0 unspecified atom stereocenters. The normalized spacial score (nSPS) is 12.3. The van der Waals surface area contributed by atoms with Crippen LogP contribution in [-0.2, 0) is 0 Å². The molecule has 0 N–H and O–H groups in total. The number of amides is 1. The summed E-state index contributed by atoms with van der Waals surface area (Å²) >= 11 is 5.95. The molecular weight excluding hydrogens is 296 g/mol. The maximum absolute atomic E-state index is 11.5. The zero-order valence-electron chi connectivity index (χ0n) is 10.4. The van der Waals surface area contributed by atoms with Gasteiger partial charge in [-0.1, -0.05) is 11.6 Å². The van der Waals surface area contributed by atoms with E-state index in [4.69, 9.17) is 16.3 Å². The van der Waals surface area contributed by atoms with Crippen LogP contribution in [-0.4, -0.2) is 17.0 Å². The van der Waals surface area contributed by atoms with E-state index in [1.165, 1.54) is 24.4 Å². The van der Waals surface area contributed by atoms with Gasteiger partial charge in [0.2, 0.25) is 0 Å². The molecule has 0 atom stereocenters. The maximum Gasteiger partial charge on any atom is 0.277 e. The molecule has 6 nitrogen and oxygen atoms in total. The van der Waals surface area contributed by atoms with E-state index in [1.807, 2.05) is 0 Å². The summed E-state index contributed by atoms with van der Waals surface area (Å²) < 4.78 is 5.56. The van der Waals surface area contributed by atoms with Crippen molar-refractivity contribution in [3.8, 4) is 11.5 Å². The molecule has 1 heterocycles. The summed E-state index contributed by atoms with van der Waals surface area (Å²) in [4.78, 5) is 25.3. The Hall–Kier alpha value is -2.73. The Labute approximate surface area is 123 Å². The lowest BCUT2D eigenvalue weighted by Crippen LogP contribution is -1.94. The van der Waals surface area contributed by atoms with E-state index < -0.39 is 4.92 Å². The molecule has 0 fully saturated rings. The van der Waals surface area contributed by atoms with E-state index in [9.17, 15) is 14.9 Å². The molecule has 0 radical (unpaired) electrons. The number of non-ortho nitro benzene ring substituents is 1. The first-order valence-electron chi connectivity index (χ1n) is 5.89. The summed E-state index contributed by atoms with van der Waals surface area (Å²) in [7, 11) is 0. The number of fused-ring (bicyclic) bond motifs is 1. The average Bonchev–Trinajstić information content (AvgIpc) is 2.82. The van der Waals surface area contributed by atoms with Gasteiger partial charge < -0.3 is 4.74 Å². The van der Waals surface area contributed by atoms with Gasteiger partial charge in [-0.25, -0.2) is 4.99 Å². The van der Waals surface area contributed by atoms with Crippen molar-refractivity contribution < 1.29 is 14.5 Å². The molecule has 1 aliphatic rings. The smallest absolute Gasteiger partial charge is 0.277 e. The van der Waals surface area contributed by atoms with E-state index in [2.05, 4.69) is 4.99 Å². The van der Waals surface area contributed by atoms with Crippen LogP contribution in [0.2, 0.25) is 5.02 Å². The number of carbonyl (C=O) groups excluding carboxylic acids is 1. The summed E-state index contributed by atoms with van der Waals surface area (Å²) in [6.07, 6.45) is 1.49. The van der Waals surface area contributed by atoms with Gasteiger partial charge in [0.25, 0.3) is 11.6 Å². The van der Waals surface area contributed by atoms with Crippen LogP contribution in [0.5, 0.6) is 11.5 Å². The van der Waals surface area contributed by atoms with Crippen molar-refractivity contribution in [3.63, 3.8) is 0 Å². The van der Waals surface area contributed by atoms with Gasteiger partial charge in [-0.3, -0.25) is 14.9 Å². The van der Waals surface area contributed by atoms with Crippen LogP contribution in [0.1, 0.15) is 15.9 Å². The van der Waals surface area contributed by atoms with E-state index >= 15 is 0 Å². The highest BCUT2D eigenvalue weighted by Crippen LogP contribution is 2.33. The van der Waals surface area contributed by atoms with Gasteiger partial charge in [-0.15, -0.1) is 0 Å². The second-order valence-electron chi connectivity index (χ2n) is 4.29. The topological polar surface area (TPSA) is 81.8 Å². The summed E-state index contributed by atoms with van der Waals surface area (Å²) in [6, 6.07) is 8.84. The van der Waals surface area contributed by atoms with Crippen molar-refractivity contribution in [1.29, 1.82) is 0 Å². The largest absolute Gasteiger partial charge is 0.456 e. The van der Waals surface area contributed by atoms with Crippen molar-refractivity contribution in [3.05, 3.63) is 62.7 Å². The minimum atomic E-state index is -0.541. The molecule has 0 bridgehead atoms. The molecule has 1 aliphatic heterocycles. The van der Waals surface area contributed by atoms with E-state index in [1.54, 1.807) is 18.2 Å². The van der Waals surface area contributed by atoms with Crippen LogP contribution in [0, 0.1) is 10.1 Å². The monoisotopic (exact) mass is 302 g/mol. The van der Waals surface area contributed by atoms with Gasteiger partial charge in [0.1, 0.15) is 11.5 Å². The fourth-order valence-electron chi connectivity index (χ4n) is 1.91. The van der Waals surface area contributed by atoms with Crippen molar-refractivity contribution in [2.24, 2.45) is 4.99 Å². The number of ether oxygens (including phenoxy) is 1. The second kappa shape index (κ2) is 4.99. The zero-order chi connectivity index (χ0) is 15.0. The molecule has 21 heavy (non-hydrogen) atoms. The molecule has 104 valence electrons. The van der Waals surface area contributed by atoms with Gasteiger partial charge in [0, 0.05) is 23.9 Å². The predicted molar refractivity (Wildman–Crippen MR) is 76.5 cm³/mol. The van der Waals surface area contributed by atoms with Crippen molar-refractivity contribution in [2.75, 3.05) is 0 Å². The quantitative estimate of drug-likeness (QED) is 0.640. The fraction of sp³-hybridized carbons (Fsp3) is 0. The highest BCUT2D eigenvalue weighted by molar-refractivity contribution is 6.32. The number of rotatable bonds is 3. The highest BCUT2D eigenvalue weighted by Gasteiger charge is 2.17. The van der Waals surface area contributed by atoms with Crippen molar-refractivity contribution in [2.45, 2.75) is 0 Å². The number of aliphatic imine (C=N–C) groups is 1. The Bertz CT molecular complexity index is 802. The van der Waals surface area contributed by atoms with Gasteiger partial charge >= 0.3 is 0 Å².